The second kappa shape index (κ2) is 5.07. The van der Waals surface area contributed by atoms with Crippen LogP contribution in [-0.4, -0.2) is 15.0 Å². The third-order valence-corrected chi connectivity index (χ3v) is 5.00. The number of halogens is 1. The van der Waals surface area contributed by atoms with Crippen LogP contribution in [-0.2, 0) is 10.0 Å². The highest BCUT2D eigenvalue weighted by Gasteiger charge is 2.23. The lowest BCUT2D eigenvalue weighted by Crippen LogP contribution is -2.26. The fraction of sp³-hybridized carbons (Fsp3) is 0.500. The molecule has 0 saturated heterocycles. The van der Waals surface area contributed by atoms with Gasteiger partial charge in [-0.25, -0.2) is 13.1 Å². The van der Waals surface area contributed by atoms with E-state index in [4.69, 9.17) is 17.3 Å². The largest absolute Gasteiger partial charge is 0.398 e. The normalized spacial score (nSPS) is 15.9. The van der Waals surface area contributed by atoms with E-state index < -0.39 is 10.0 Å². The van der Waals surface area contributed by atoms with Gasteiger partial charge >= 0.3 is 0 Å². The van der Waals surface area contributed by atoms with Crippen LogP contribution in [0.4, 0.5) is 5.69 Å². The molecule has 0 radical (unpaired) electrons. The lowest BCUT2D eigenvalue weighted by atomic mass is 10.2. The van der Waals surface area contributed by atoms with Crippen molar-refractivity contribution < 1.29 is 8.42 Å². The molecular formula is C12H17ClN2O2S. The average Bonchev–Trinajstić information content (AvgIpc) is 3.07. The molecule has 1 aliphatic carbocycles. The lowest BCUT2D eigenvalue weighted by Gasteiger charge is -2.11. The molecule has 4 nitrogen and oxygen atoms in total. The lowest BCUT2D eigenvalue weighted by molar-refractivity contribution is 0.574. The molecule has 2 rings (SSSR count). The first-order valence-electron chi connectivity index (χ1n) is 5.95. The molecule has 100 valence electrons. The van der Waals surface area contributed by atoms with E-state index in [0.29, 0.717) is 28.7 Å². The Bertz CT molecular complexity index is 553. The summed E-state index contributed by atoms with van der Waals surface area (Å²) in [5.74, 6) is 0.693. The van der Waals surface area contributed by atoms with Crippen molar-refractivity contribution in [2.45, 2.75) is 31.1 Å². The predicted molar refractivity (Wildman–Crippen MR) is 73.1 cm³/mol. The summed E-state index contributed by atoms with van der Waals surface area (Å²) < 4.78 is 26.9. The molecule has 0 heterocycles. The van der Waals surface area contributed by atoms with Gasteiger partial charge in [0.15, 0.2) is 0 Å². The molecule has 6 heteroatoms. The maximum absolute atomic E-state index is 12.1. The van der Waals surface area contributed by atoms with E-state index in [1.54, 1.807) is 13.0 Å². The van der Waals surface area contributed by atoms with E-state index in [-0.39, 0.29) is 4.90 Å². The molecule has 1 fully saturated rings. The number of rotatable bonds is 5. The van der Waals surface area contributed by atoms with Crippen LogP contribution in [0.1, 0.15) is 24.8 Å². The number of benzene rings is 1. The zero-order valence-electron chi connectivity index (χ0n) is 10.2. The minimum absolute atomic E-state index is 0.170. The first-order valence-corrected chi connectivity index (χ1v) is 7.81. The summed E-state index contributed by atoms with van der Waals surface area (Å²) in [6.07, 6.45) is 3.32. The third-order valence-electron chi connectivity index (χ3n) is 3.20. The molecule has 3 N–H and O–H groups in total. The Morgan fingerprint density at radius 3 is 2.72 bits per heavy atom. The van der Waals surface area contributed by atoms with Gasteiger partial charge in [0.05, 0.1) is 4.90 Å². The van der Waals surface area contributed by atoms with Crippen LogP contribution in [0.3, 0.4) is 0 Å². The summed E-state index contributed by atoms with van der Waals surface area (Å²) in [4.78, 5) is 0.170. The molecule has 0 atom stereocenters. The minimum atomic E-state index is -3.52. The fourth-order valence-corrected chi connectivity index (χ4v) is 3.47. The minimum Gasteiger partial charge on any atom is -0.398 e. The molecule has 0 aliphatic heterocycles. The molecule has 1 saturated carbocycles. The van der Waals surface area contributed by atoms with Gasteiger partial charge in [-0.05, 0) is 37.0 Å². The van der Waals surface area contributed by atoms with Crippen molar-refractivity contribution in [2.24, 2.45) is 5.92 Å². The van der Waals surface area contributed by atoms with Crippen LogP contribution in [0.25, 0.3) is 0 Å². The monoisotopic (exact) mass is 288 g/mol. The maximum Gasteiger partial charge on any atom is 0.240 e. The van der Waals surface area contributed by atoms with E-state index in [9.17, 15) is 8.42 Å². The third kappa shape index (κ3) is 3.16. The van der Waals surface area contributed by atoms with E-state index in [1.165, 1.54) is 18.9 Å². The first-order chi connectivity index (χ1) is 8.40. The Labute approximate surface area is 113 Å². The van der Waals surface area contributed by atoms with Gasteiger partial charge in [-0.15, -0.1) is 0 Å². The van der Waals surface area contributed by atoms with Crippen molar-refractivity contribution in [3.63, 3.8) is 0 Å². The first kappa shape index (κ1) is 13.6. The smallest absolute Gasteiger partial charge is 0.240 e. The molecule has 1 aliphatic rings. The number of anilines is 1. The van der Waals surface area contributed by atoms with Gasteiger partial charge in [-0.2, -0.15) is 0 Å². The van der Waals surface area contributed by atoms with E-state index in [1.807, 2.05) is 0 Å². The van der Waals surface area contributed by atoms with Gasteiger partial charge in [-0.3, -0.25) is 0 Å². The standard InChI is InChI=1S/C12H17ClN2O2S/c1-8-11(14)6-10(13)7-12(8)18(16,17)15-5-4-9-2-3-9/h6-7,9,15H,2-5,14H2,1H3. The molecule has 18 heavy (non-hydrogen) atoms. The van der Waals surface area contributed by atoms with Crippen molar-refractivity contribution >= 4 is 27.3 Å². The fourth-order valence-electron chi connectivity index (χ4n) is 1.84. The number of nitrogens with one attached hydrogen (secondary N) is 1. The second-order valence-corrected chi connectivity index (χ2v) is 6.92. The molecule has 0 unspecified atom stereocenters. The van der Waals surface area contributed by atoms with Crippen LogP contribution in [0.15, 0.2) is 17.0 Å². The Morgan fingerprint density at radius 1 is 1.44 bits per heavy atom. The second-order valence-electron chi connectivity index (χ2n) is 4.75. The van der Waals surface area contributed by atoms with Crippen LogP contribution in [0, 0.1) is 12.8 Å². The average molecular weight is 289 g/mol. The molecular weight excluding hydrogens is 272 g/mol. The van der Waals surface area contributed by atoms with E-state index in [0.717, 1.165) is 6.42 Å². The number of hydrogen-bond acceptors (Lipinski definition) is 3. The Balaban J connectivity index is 2.17. The van der Waals surface area contributed by atoms with E-state index in [2.05, 4.69) is 4.72 Å². The number of nitrogen functional groups attached to an aromatic ring is 1. The summed E-state index contributed by atoms with van der Waals surface area (Å²) in [7, 11) is -3.52. The van der Waals surface area contributed by atoms with E-state index >= 15 is 0 Å². The molecule has 0 aromatic heterocycles. The van der Waals surface area contributed by atoms with Crippen molar-refractivity contribution in [1.29, 1.82) is 0 Å². The van der Waals surface area contributed by atoms with Gasteiger partial charge < -0.3 is 5.73 Å². The van der Waals surface area contributed by atoms with Crippen LogP contribution >= 0.6 is 11.6 Å². The zero-order chi connectivity index (χ0) is 13.3. The van der Waals surface area contributed by atoms with Crippen LogP contribution in [0.2, 0.25) is 5.02 Å². The number of sulfonamides is 1. The van der Waals surface area contributed by atoms with Gasteiger partial charge in [0.2, 0.25) is 10.0 Å². The van der Waals surface area contributed by atoms with Gasteiger partial charge in [0.25, 0.3) is 0 Å². The zero-order valence-corrected chi connectivity index (χ0v) is 11.8. The molecule has 1 aromatic carbocycles. The van der Waals surface area contributed by atoms with Crippen molar-refractivity contribution in [3.8, 4) is 0 Å². The van der Waals surface area contributed by atoms with Crippen LogP contribution < -0.4 is 10.5 Å². The highest BCUT2D eigenvalue weighted by molar-refractivity contribution is 7.89. The molecule has 0 spiro atoms. The van der Waals surface area contributed by atoms with Crippen molar-refractivity contribution in [3.05, 3.63) is 22.7 Å². The maximum atomic E-state index is 12.1. The van der Waals surface area contributed by atoms with Crippen molar-refractivity contribution in [1.82, 2.24) is 4.72 Å². The highest BCUT2D eigenvalue weighted by Crippen LogP contribution is 2.32. The Morgan fingerprint density at radius 2 is 2.11 bits per heavy atom. The SMILES string of the molecule is Cc1c(N)cc(Cl)cc1S(=O)(=O)NCCC1CC1. The summed E-state index contributed by atoms with van der Waals surface area (Å²) in [6.45, 7) is 2.15. The van der Waals surface area contributed by atoms with Gasteiger partial charge in [0, 0.05) is 17.3 Å². The highest BCUT2D eigenvalue weighted by atomic mass is 35.5. The van der Waals surface area contributed by atoms with Gasteiger partial charge in [-0.1, -0.05) is 24.4 Å². The summed E-state index contributed by atoms with van der Waals surface area (Å²) in [6, 6.07) is 2.99. The number of hydrogen-bond donors (Lipinski definition) is 2. The topological polar surface area (TPSA) is 72.2 Å². The van der Waals surface area contributed by atoms with Crippen molar-refractivity contribution in [2.75, 3.05) is 12.3 Å². The quantitative estimate of drug-likeness (QED) is 0.817. The van der Waals surface area contributed by atoms with Gasteiger partial charge in [0.1, 0.15) is 0 Å². The number of nitrogens with two attached hydrogens (primary N) is 1. The molecule has 1 aromatic rings. The molecule has 0 bridgehead atoms. The Hall–Kier alpha value is -0.780. The van der Waals surface area contributed by atoms with Crippen LogP contribution in [0.5, 0.6) is 0 Å². The summed E-state index contributed by atoms with van der Waals surface area (Å²) in [5.41, 5.74) is 6.66. The summed E-state index contributed by atoms with van der Waals surface area (Å²) in [5, 5.41) is 0.334. The Kier molecular flexibility index (Phi) is 3.84. The predicted octanol–water partition coefficient (Wildman–Crippen LogP) is 2.31. The molecule has 0 amide bonds. The summed E-state index contributed by atoms with van der Waals surface area (Å²) >= 11 is 5.85.